The molecule has 0 saturated carbocycles. The SMILES string of the molecule is C1=Cc2cc3ccc(cc4nc(cc5ccc(cc1n2)[nH]5)C=C4)[nH]3.C[O][Mn]([O]C)([O]C)([O]C)[c]1ccccc1. The molecule has 0 spiro atoms. The number of aromatic nitrogens is 4. The molecule has 202 valence electrons. The van der Waals surface area contributed by atoms with Gasteiger partial charge in [-0.15, -0.1) is 0 Å². The monoisotopic (exact) mass is 566 g/mol. The summed E-state index contributed by atoms with van der Waals surface area (Å²) in [4.78, 5) is 16.0. The summed E-state index contributed by atoms with van der Waals surface area (Å²) in [5, 5.41) is 0. The van der Waals surface area contributed by atoms with Crippen LogP contribution in [-0.4, -0.2) is 48.4 Å². The summed E-state index contributed by atoms with van der Waals surface area (Å²) in [7, 11) is 6.10. The van der Waals surface area contributed by atoms with Gasteiger partial charge in [-0.1, -0.05) is 0 Å². The molecule has 3 aromatic heterocycles. The average Bonchev–Trinajstić information content (AvgIpc) is 3.79. The third-order valence-electron chi connectivity index (χ3n) is 6.20. The Kier molecular flexibility index (Phi) is 7.63. The molecule has 0 amide bonds. The van der Waals surface area contributed by atoms with Crippen molar-refractivity contribution in [2.75, 3.05) is 28.4 Å². The summed E-state index contributed by atoms with van der Waals surface area (Å²) < 4.78 is 22.6. The molecular formula is C30H31MnN4O4. The molecule has 0 unspecified atom stereocenters. The van der Waals surface area contributed by atoms with E-state index in [1.807, 2.05) is 78.9 Å². The molecule has 8 nitrogen and oxygen atoms in total. The van der Waals surface area contributed by atoms with Crippen LogP contribution in [0.4, 0.5) is 0 Å². The summed E-state index contributed by atoms with van der Waals surface area (Å²) in [5.41, 5.74) is 7.86. The Morgan fingerprint density at radius 3 is 1.13 bits per heavy atom. The Morgan fingerprint density at radius 1 is 0.487 bits per heavy atom. The first kappa shape index (κ1) is 26.8. The van der Waals surface area contributed by atoms with Gasteiger partial charge >= 0.3 is 91.6 Å². The van der Waals surface area contributed by atoms with Gasteiger partial charge in [0.05, 0.1) is 22.8 Å². The Hall–Kier alpha value is -3.82. The summed E-state index contributed by atoms with van der Waals surface area (Å²) >= 11 is -3.89. The molecule has 0 atom stereocenters. The van der Waals surface area contributed by atoms with Crippen molar-refractivity contribution < 1.29 is 28.4 Å². The number of hydrogen-bond donors (Lipinski definition) is 2. The van der Waals surface area contributed by atoms with Gasteiger partial charge in [0.25, 0.3) is 0 Å². The number of hydrogen-bond acceptors (Lipinski definition) is 6. The van der Waals surface area contributed by atoms with Crippen LogP contribution in [0.2, 0.25) is 0 Å². The Balaban J connectivity index is 0.000000179. The van der Waals surface area contributed by atoms with Gasteiger partial charge in [-0.2, -0.15) is 0 Å². The predicted molar refractivity (Wildman–Crippen MR) is 153 cm³/mol. The van der Waals surface area contributed by atoms with Crippen molar-refractivity contribution in [1.82, 2.24) is 19.9 Å². The molecule has 9 heteroatoms. The average molecular weight is 567 g/mol. The van der Waals surface area contributed by atoms with Crippen molar-refractivity contribution in [3.63, 3.8) is 0 Å². The van der Waals surface area contributed by atoms with Gasteiger partial charge in [-0.05, 0) is 72.8 Å². The molecule has 0 aliphatic carbocycles. The maximum atomic E-state index is 5.45. The molecule has 1 aromatic carbocycles. The quantitative estimate of drug-likeness (QED) is 0.252. The van der Waals surface area contributed by atoms with Gasteiger partial charge in [0.15, 0.2) is 0 Å². The molecule has 0 fully saturated rings. The topological polar surface area (TPSA) is 94.3 Å². The van der Waals surface area contributed by atoms with Crippen LogP contribution in [0.15, 0.2) is 78.9 Å². The molecule has 2 N–H and O–H groups in total. The number of benzene rings is 1. The number of nitrogens with one attached hydrogen (secondary N) is 2. The van der Waals surface area contributed by atoms with Crippen molar-refractivity contribution in [2.24, 2.45) is 0 Å². The summed E-state index contributed by atoms with van der Waals surface area (Å²) in [6.07, 6.45) is 8.09. The first-order valence-electron chi connectivity index (χ1n) is 12.2. The zero-order valence-electron chi connectivity index (χ0n) is 22.2. The van der Waals surface area contributed by atoms with Crippen LogP contribution in [0.25, 0.3) is 46.4 Å². The summed E-state index contributed by atoms with van der Waals surface area (Å²) in [6, 6.07) is 25.8. The predicted octanol–water partition coefficient (Wildman–Crippen LogP) is 5.90. The van der Waals surface area contributed by atoms with Crippen molar-refractivity contribution in [2.45, 2.75) is 0 Å². The molecule has 2 aliphatic rings. The van der Waals surface area contributed by atoms with Crippen LogP contribution in [0.5, 0.6) is 0 Å². The standard InChI is InChI=1S/C20H14N4.C6H5.4CH3O.Mn/c1-2-14-10-16-5-6-18(23-16)12-20-8-7-19(24-20)11-17-4-3-15(22-17)9-13(1)21-14;1-2-4-6-5-3-1;4*1-2;/h1-12,21,24H;1-5H;4*1H3;/q;;4*-1;+4. The summed E-state index contributed by atoms with van der Waals surface area (Å²) in [6.45, 7) is 0. The van der Waals surface area contributed by atoms with Crippen molar-refractivity contribution in [1.29, 1.82) is 0 Å². The van der Waals surface area contributed by atoms with E-state index in [9.17, 15) is 0 Å². The minimum absolute atomic E-state index is 0.786. The van der Waals surface area contributed by atoms with Gasteiger partial charge in [-0.3, -0.25) is 0 Å². The second-order valence-electron chi connectivity index (χ2n) is 8.50. The van der Waals surface area contributed by atoms with E-state index in [1.165, 1.54) is 28.4 Å². The van der Waals surface area contributed by atoms with E-state index >= 15 is 0 Å². The van der Waals surface area contributed by atoms with Crippen LogP contribution >= 0.6 is 0 Å². The van der Waals surface area contributed by atoms with Crippen molar-refractivity contribution in [3.8, 4) is 0 Å². The fourth-order valence-corrected chi connectivity index (χ4v) is 7.46. The van der Waals surface area contributed by atoms with Gasteiger partial charge in [0.2, 0.25) is 0 Å². The fourth-order valence-electron chi connectivity index (χ4n) is 4.30. The number of H-pyrrole nitrogens is 2. The van der Waals surface area contributed by atoms with Gasteiger partial charge in [0, 0.05) is 22.1 Å². The molecule has 8 bridgehead atoms. The van der Waals surface area contributed by atoms with E-state index in [0.717, 1.165) is 49.3 Å². The molecule has 5 heterocycles. The number of rotatable bonds is 5. The molecule has 39 heavy (non-hydrogen) atoms. The summed E-state index contributed by atoms with van der Waals surface area (Å²) in [5.74, 6) is 0. The molecule has 6 rings (SSSR count). The Labute approximate surface area is 228 Å². The molecule has 0 radical (unpaired) electrons. The van der Waals surface area contributed by atoms with E-state index in [2.05, 4.69) is 44.2 Å². The van der Waals surface area contributed by atoms with Crippen LogP contribution in [0.3, 0.4) is 0 Å². The van der Waals surface area contributed by atoms with E-state index < -0.39 is 13.1 Å². The molecular weight excluding hydrogens is 535 g/mol. The van der Waals surface area contributed by atoms with E-state index in [0.29, 0.717) is 0 Å². The van der Waals surface area contributed by atoms with E-state index in [4.69, 9.17) is 15.3 Å². The zero-order chi connectivity index (χ0) is 27.3. The first-order valence-corrected chi connectivity index (χ1v) is 14.7. The normalized spacial score (nSPS) is 13.4. The number of fused-ring (bicyclic) bond motifs is 8. The van der Waals surface area contributed by atoms with E-state index in [1.54, 1.807) is 0 Å². The molecule has 0 saturated heterocycles. The van der Waals surface area contributed by atoms with Crippen LogP contribution < -0.4 is 4.46 Å². The number of nitrogens with zero attached hydrogens (tertiary/aromatic N) is 2. The van der Waals surface area contributed by atoms with Gasteiger partial charge in [0.1, 0.15) is 0 Å². The zero-order valence-corrected chi connectivity index (χ0v) is 23.4. The van der Waals surface area contributed by atoms with Gasteiger partial charge in [-0.25, -0.2) is 9.97 Å². The fraction of sp³-hybridized carbons (Fsp3) is 0.133. The third-order valence-corrected chi connectivity index (χ3v) is 11.0. The Morgan fingerprint density at radius 2 is 0.821 bits per heavy atom. The molecule has 4 aromatic rings. The molecule has 2 aliphatic heterocycles. The van der Waals surface area contributed by atoms with Crippen LogP contribution in [0, 0.1) is 0 Å². The van der Waals surface area contributed by atoms with Crippen molar-refractivity contribution >= 4 is 50.8 Å². The first-order chi connectivity index (χ1) is 19.0. The number of aromatic amines is 2. The maximum absolute atomic E-state index is 5.45. The Bertz CT molecular complexity index is 1490. The third kappa shape index (κ3) is 5.51. The van der Waals surface area contributed by atoms with Crippen LogP contribution in [-0.2, 0) is 28.4 Å². The van der Waals surface area contributed by atoms with Gasteiger partial charge < -0.3 is 9.97 Å². The second-order valence-corrected chi connectivity index (χ2v) is 13.3. The minimum atomic E-state index is -3.89. The second kappa shape index (κ2) is 11.1. The van der Waals surface area contributed by atoms with Crippen LogP contribution in [0.1, 0.15) is 22.8 Å². The van der Waals surface area contributed by atoms with Crippen molar-refractivity contribution in [3.05, 3.63) is 102 Å². The van der Waals surface area contributed by atoms with E-state index in [-0.39, 0.29) is 0 Å².